The lowest BCUT2D eigenvalue weighted by Crippen LogP contribution is -2.38. The minimum Gasteiger partial charge on any atom is -0.393 e. The van der Waals surface area contributed by atoms with E-state index in [0.717, 1.165) is 58.3 Å². The van der Waals surface area contributed by atoms with Gasteiger partial charge in [0, 0.05) is 25.6 Å². The van der Waals surface area contributed by atoms with Crippen LogP contribution in [0.15, 0.2) is 0 Å². The second kappa shape index (κ2) is 9.35. The lowest BCUT2D eigenvalue weighted by molar-refractivity contribution is -0.126. The SMILES string of the molecule is CCCC(C(=O)NCCCN1CCC(O)CC1)C(C)C. The van der Waals surface area contributed by atoms with E-state index in [2.05, 4.69) is 31.0 Å². The van der Waals surface area contributed by atoms with Crippen LogP contribution >= 0.6 is 0 Å². The summed E-state index contributed by atoms with van der Waals surface area (Å²) in [6.45, 7) is 10.1. The van der Waals surface area contributed by atoms with Gasteiger partial charge in [0.25, 0.3) is 0 Å². The van der Waals surface area contributed by atoms with Crippen LogP contribution < -0.4 is 5.32 Å². The Bertz CT molecular complexity index is 274. The van der Waals surface area contributed by atoms with Gasteiger partial charge in [-0.3, -0.25) is 4.79 Å². The normalized spacial score (nSPS) is 19.2. The van der Waals surface area contributed by atoms with Crippen molar-refractivity contribution in [3.63, 3.8) is 0 Å². The van der Waals surface area contributed by atoms with Crippen LogP contribution in [0.5, 0.6) is 0 Å². The summed E-state index contributed by atoms with van der Waals surface area (Å²) in [5, 5.41) is 12.5. The van der Waals surface area contributed by atoms with Gasteiger partial charge in [-0.2, -0.15) is 0 Å². The van der Waals surface area contributed by atoms with Gasteiger partial charge in [0.05, 0.1) is 6.10 Å². The van der Waals surface area contributed by atoms with E-state index in [1.807, 2.05) is 0 Å². The van der Waals surface area contributed by atoms with Gasteiger partial charge < -0.3 is 15.3 Å². The molecule has 1 amide bonds. The summed E-state index contributed by atoms with van der Waals surface area (Å²) in [5.74, 6) is 0.791. The Hall–Kier alpha value is -0.610. The van der Waals surface area contributed by atoms with Gasteiger partial charge in [-0.05, 0) is 38.1 Å². The molecular weight excluding hydrogens is 252 g/mol. The first-order chi connectivity index (χ1) is 9.54. The predicted molar refractivity (Wildman–Crippen MR) is 82.5 cm³/mol. The molecule has 0 radical (unpaired) electrons. The number of amides is 1. The molecule has 0 bridgehead atoms. The highest BCUT2D eigenvalue weighted by molar-refractivity contribution is 5.78. The van der Waals surface area contributed by atoms with E-state index in [-0.39, 0.29) is 17.9 Å². The molecule has 0 spiro atoms. The van der Waals surface area contributed by atoms with Crippen LogP contribution in [-0.4, -0.2) is 48.2 Å². The van der Waals surface area contributed by atoms with E-state index in [9.17, 15) is 9.90 Å². The number of hydrogen-bond donors (Lipinski definition) is 2. The lowest BCUT2D eigenvalue weighted by Gasteiger charge is -2.29. The van der Waals surface area contributed by atoms with Crippen LogP contribution in [0.25, 0.3) is 0 Å². The van der Waals surface area contributed by atoms with Crippen molar-refractivity contribution in [3.05, 3.63) is 0 Å². The van der Waals surface area contributed by atoms with E-state index in [1.54, 1.807) is 0 Å². The third-order valence-electron chi connectivity index (χ3n) is 4.25. The van der Waals surface area contributed by atoms with Crippen LogP contribution in [0.3, 0.4) is 0 Å². The molecule has 4 heteroatoms. The van der Waals surface area contributed by atoms with Crippen LogP contribution in [0.1, 0.15) is 52.9 Å². The largest absolute Gasteiger partial charge is 0.393 e. The predicted octanol–water partition coefficient (Wildman–Crippen LogP) is 2.02. The molecule has 0 aromatic carbocycles. The smallest absolute Gasteiger partial charge is 0.223 e. The minimum absolute atomic E-state index is 0.105. The number of aliphatic hydroxyl groups excluding tert-OH is 1. The molecule has 1 aliphatic heterocycles. The van der Waals surface area contributed by atoms with Gasteiger partial charge in [-0.25, -0.2) is 0 Å². The minimum atomic E-state index is -0.105. The van der Waals surface area contributed by atoms with E-state index < -0.39 is 0 Å². The van der Waals surface area contributed by atoms with Crippen molar-refractivity contribution >= 4 is 5.91 Å². The van der Waals surface area contributed by atoms with Crippen molar-refractivity contribution < 1.29 is 9.90 Å². The van der Waals surface area contributed by atoms with Gasteiger partial charge in [-0.15, -0.1) is 0 Å². The average molecular weight is 284 g/mol. The van der Waals surface area contributed by atoms with Crippen LogP contribution in [0.2, 0.25) is 0 Å². The Morgan fingerprint density at radius 3 is 2.55 bits per heavy atom. The van der Waals surface area contributed by atoms with Crippen molar-refractivity contribution in [1.82, 2.24) is 10.2 Å². The Morgan fingerprint density at radius 2 is 2.00 bits per heavy atom. The van der Waals surface area contributed by atoms with Crippen molar-refractivity contribution in [2.75, 3.05) is 26.2 Å². The van der Waals surface area contributed by atoms with Crippen molar-refractivity contribution in [1.29, 1.82) is 0 Å². The van der Waals surface area contributed by atoms with E-state index in [0.29, 0.717) is 5.92 Å². The Morgan fingerprint density at radius 1 is 1.35 bits per heavy atom. The van der Waals surface area contributed by atoms with Crippen LogP contribution in [-0.2, 0) is 4.79 Å². The lowest BCUT2D eigenvalue weighted by atomic mass is 9.90. The number of likely N-dealkylation sites (tertiary alicyclic amines) is 1. The molecule has 20 heavy (non-hydrogen) atoms. The number of nitrogens with one attached hydrogen (secondary N) is 1. The maximum absolute atomic E-state index is 12.1. The molecule has 1 unspecified atom stereocenters. The van der Waals surface area contributed by atoms with Crippen LogP contribution in [0.4, 0.5) is 0 Å². The zero-order chi connectivity index (χ0) is 15.0. The number of rotatable bonds is 8. The molecule has 1 fully saturated rings. The molecule has 1 saturated heterocycles. The second-order valence-electron chi connectivity index (χ2n) is 6.36. The summed E-state index contributed by atoms with van der Waals surface area (Å²) in [7, 11) is 0. The van der Waals surface area contributed by atoms with Gasteiger partial charge in [0.2, 0.25) is 5.91 Å². The Kier molecular flexibility index (Phi) is 8.15. The van der Waals surface area contributed by atoms with Gasteiger partial charge in [-0.1, -0.05) is 27.2 Å². The fraction of sp³-hybridized carbons (Fsp3) is 0.938. The zero-order valence-corrected chi connectivity index (χ0v) is 13.4. The molecule has 1 heterocycles. The molecule has 2 N–H and O–H groups in total. The Balaban J connectivity index is 2.15. The first-order valence-corrected chi connectivity index (χ1v) is 8.22. The highest BCUT2D eigenvalue weighted by atomic mass is 16.3. The molecule has 0 aromatic heterocycles. The van der Waals surface area contributed by atoms with E-state index in [1.165, 1.54) is 0 Å². The fourth-order valence-electron chi connectivity index (χ4n) is 2.87. The van der Waals surface area contributed by atoms with E-state index in [4.69, 9.17) is 0 Å². The van der Waals surface area contributed by atoms with Gasteiger partial charge in [0.15, 0.2) is 0 Å². The van der Waals surface area contributed by atoms with Crippen LogP contribution in [0, 0.1) is 11.8 Å². The molecule has 0 aromatic rings. The van der Waals surface area contributed by atoms with E-state index >= 15 is 0 Å². The number of aliphatic hydroxyl groups is 1. The number of nitrogens with zero attached hydrogens (tertiary/aromatic N) is 1. The molecular formula is C16H32N2O2. The summed E-state index contributed by atoms with van der Waals surface area (Å²) in [6, 6.07) is 0. The van der Waals surface area contributed by atoms with Gasteiger partial charge in [0.1, 0.15) is 0 Å². The number of piperidine rings is 1. The number of hydrogen-bond acceptors (Lipinski definition) is 3. The molecule has 1 aliphatic rings. The number of carbonyl (C=O) groups excluding carboxylic acids is 1. The zero-order valence-electron chi connectivity index (χ0n) is 13.4. The topological polar surface area (TPSA) is 52.6 Å². The highest BCUT2D eigenvalue weighted by Gasteiger charge is 2.21. The molecule has 1 rings (SSSR count). The average Bonchev–Trinajstić information content (AvgIpc) is 2.42. The summed E-state index contributed by atoms with van der Waals surface area (Å²) in [6.07, 6.45) is 4.71. The molecule has 1 atom stereocenters. The van der Waals surface area contributed by atoms with Gasteiger partial charge >= 0.3 is 0 Å². The summed E-state index contributed by atoms with van der Waals surface area (Å²) >= 11 is 0. The molecule has 0 saturated carbocycles. The van der Waals surface area contributed by atoms with Crippen molar-refractivity contribution in [3.8, 4) is 0 Å². The monoisotopic (exact) mass is 284 g/mol. The quantitative estimate of drug-likeness (QED) is 0.671. The van der Waals surface area contributed by atoms with Crippen molar-refractivity contribution in [2.45, 2.75) is 59.0 Å². The first-order valence-electron chi connectivity index (χ1n) is 8.22. The third kappa shape index (κ3) is 6.23. The maximum atomic E-state index is 12.1. The summed E-state index contributed by atoms with van der Waals surface area (Å²) < 4.78 is 0. The maximum Gasteiger partial charge on any atom is 0.223 e. The summed E-state index contributed by atoms with van der Waals surface area (Å²) in [4.78, 5) is 14.5. The first kappa shape index (κ1) is 17.4. The molecule has 118 valence electrons. The Labute approximate surface area is 123 Å². The number of carbonyl (C=O) groups is 1. The third-order valence-corrected chi connectivity index (χ3v) is 4.25. The molecule has 4 nitrogen and oxygen atoms in total. The standard InChI is InChI=1S/C16H32N2O2/c1-4-6-15(13(2)3)16(20)17-9-5-10-18-11-7-14(19)8-12-18/h13-15,19H,4-12H2,1-3H3,(H,17,20). The fourth-order valence-corrected chi connectivity index (χ4v) is 2.87. The van der Waals surface area contributed by atoms with Crippen molar-refractivity contribution in [2.24, 2.45) is 11.8 Å². The summed E-state index contributed by atoms with van der Waals surface area (Å²) in [5.41, 5.74) is 0. The highest BCUT2D eigenvalue weighted by Crippen LogP contribution is 2.17. The molecule has 0 aliphatic carbocycles. The second-order valence-corrected chi connectivity index (χ2v) is 6.36.